The van der Waals surface area contributed by atoms with Gasteiger partial charge in [-0.25, -0.2) is 0 Å². The number of hydrogen-bond acceptors (Lipinski definition) is 4. The van der Waals surface area contributed by atoms with Gasteiger partial charge in [0, 0.05) is 0 Å². The molecule has 0 aromatic rings. The molecule has 0 aliphatic heterocycles. The summed E-state index contributed by atoms with van der Waals surface area (Å²) in [6.45, 7) is 10.3. The second kappa shape index (κ2) is 6.75. The fraction of sp³-hybridized carbons (Fsp3) is 1.00. The van der Waals surface area contributed by atoms with Gasteiger partial charge in [-0.1, -0.05) is 20.8 Å². The van der Waals surface area contributed by atoms with Gasteiger partial charge in [-0.2, -0.15) is 0 Å². The van der Waals surface area contributed by atoms with E-state index < -0.39 is 13.7 Å². The zero-order valence-corrected chi connectivity index (χ0v) is 11.9. The predicted molar refractivity (Wildman–Crippen MR) is 65.8 cm³/mol. The van der Waals surface area contributed by atoms with Gasteiger partial charge in [-0.3, -0.25) is 4.57 Å². The van der Waals surface area contributed by atoms with Crippen LogP contribution in [-0.2, 0) is 13.6 Å². The van der Waals surface area contributed by atoms with E-state index in [-0.39, 0.29) is 11.6 Å². The second-order valence-corrected chi connectivity index (χ2v) is 7.15. The topological polar surface area (TPSA) is 55.8 Å². The Morgan fingerprint density at radius 3 is 1.94 bits per heavy atom. The van der Waals surface area contributed by atoms with E-state index in [4.69, 9.17) is 9.05 Å². The minimum Gasteiger partial charge on any atom is -0.392 e. The zero-order valence-electron chi connectivity index (χ0n) is 11.0. The summed E-state index contributed by atoms with van der Waals surface area (Å²) in [6, 6.07) is 0. The van der Waals surface area contributed by atoms with Crippen molar-refractivity contribution in [3.8, 4) is 0 Å². The number of hydrogen-bond donors (Lipinski definition) is 1. The SMILES string of the molecule is CCOP(=O)(CC(O)CC(C)(C)C)OCC. The average Bonchev–Trinajstić information content (AvgIpc) is 1.99. The minimum atomic E-state index is -3.11. The van der Waals surface area contributed by atoms with Crippen molar-refractivity contribution in [1.82, 2.24) is 0 Å². The molecule has 0 saturated carbocycles. The standard InChI is InChI=1S/C11H25O4P/c1-6-14-16(13,15-7-2)9-10(12)8-11(3,4)5/h10,12H,6-9H2,1-5H3. The molecule has 0 aromatic carbocycles. The Morgan fingerprint density at radius 2 is 1.62 bits per heavy atom. The second-order valence-electron chi connectivity index (χ2n) is 5.05. The molecule has 1 unspecified atom stereocenters. The van der Waals surface area contributed by atoms with Crippen molar-refractivity contribution < 1.29 is 18.7 Å². The molecule has 0 aliphatic rings. The Balaban J connectivity index is 4.34. The van der Waals surface area contributed by atoms with Crippen LogP contribution in [0.1, 0.15) is 41.0 Å². The summed E-state index contributed by atoms with van der Waals surface area (Å²) in [5.74, 6) is 0. The van der Waals surface area contributed by atoms with Gasteiger partial charge in [0.25, 0.3) is 0 Å². The van der Waals surface area contributed by atoms with Crippen LogP contribution in [0, 0.1) is 5.41 Å². The molecule has 16 heavy (non-hydrogen) atoms. The molecule has 0 spiro atoms. The molecule has 0 rings (SSSR count). The molecule has 0 bridgehead atoms. The molecule has 0 radical (unpaired) electrons. The van der Waals surface area contributed by atoms with E-state index in [2.05, 4.69) is 0 Å². The molecule has 98 valence electrons. The molecular weight excluding hydrogens is 227 g/mol. The molecule has 0 aliphatic carbocycles. The smallest absolute Gasteiger partial charge is 0.333 e. The normalized spacial score (nSPS) is 15.1. The van der Waals surface area contributed by atoms with Crippen LogP contribution in [-0.4, -0.2) is 30.6 Å². The van der Waals surface area contributed by atoms with Gasteiger partial charge >= 0.3 is 7.60 Å². The summed E-state index contributed by atoms with van der Waals surface area (Å²) < 4.78 is 22.4. The lowest BCUT2D eigenvalue weighted by Gasteiger charge is -2.25. The minimum absolute atomic E-state index is 0.00265. The van der Waals surface area contributed by atoms with Crippen molar-refractivity contribution in [1.29, 1.82) is 0 Å². The van der Waals surface area contributed by atoms with E-state index in [1.165, 1.54) is 0 Å². The Bertz CT molecular complexity index is 225. The van der Waals surface area contributed by atoms with Crippen LogP contribution in [0.5, 0.6) is 0 Å². The third kappa shape index (κ3) is 7.39. The Hall–Kier alpha value is 0.110. The van der Waals surface area contributed by atoms with E-state index in [0.29, 0.717) is 19.6 Å². The maximum atomic E-state index is 12.1. The Kier molecular flexibility index (Phi) is 6.80. The third-order valence-corrected chi connectivity index (χ3v) is 4.11. The highest BCUT2D eigenvalue weighted by Gasteiger charge is 2.29. The lowest BCUT2D eigenvalue weighted by Crippen LogP contribution is -2.22. The highest BCUT2D eigenvalue weighted by Crippen LogP contribution is 2.49. The van der Waals surface area contributed by atoms with E-state index in [0.717, 1.165) is 0 Å². The van der Waals surface area contributed by atoms with Crippen molar-refractivity contribution in [2.45, 2.75) is 47.1 Å². The Labute approximate surface area is 98.9 Å². The molecule has 0 saturated heterocycles. The molecule has 1 N–H and O–H groups in total. The molecule has 0 fully saturated rings. The first-order valence-electron chi connectivity index (χ1n) is 5.78. The van der Waals surface area contributed by atoms with Crippen molar-refractivity contribution in [3.63, 3.8) is 0 Å². The molecule has 1 atom stereocenters. The van der Waals surface area contributed by atoms with Crippen molar-refractivity contribution in [2.24, 2.45) is 5.41 Å². The molecule has 0 aromatic heterocycles. The molecule has 5 heteroatoms. The van der Waals surface area contributed by atoms with Crippen LogP contribution in [0.15, 0.2) is 0 Å². The van der Waals surface area contributed by atoms with Gasteiger partial charge < -0.3 is 14.2 Å². The van der Waals surface area contributed by atoms with Crippen LogP contribution < -0.4 is 0 Å². The highest BCUT2D eigenvalue weighted by molar-refractivity contribution is 7.53. The lowest BCUT2D eigenvalue weighted by molar-refractivity contribution is 0.127. The number of rotatable bonds is 7. The number of aliphatic hydroxyl groups is 1. The van der Waals surface area contributed by atoms with Crippen molar-refractivity contribution >= 4 is 7.60 Å². The molecule has 0 heterocycles. The fourth-order valence-corrected chi connectivity index (χ4v) is 3.28. The zero-order chi connectivity index (χ0) is 12.8. The van der Waals surface area contributed by atoms with Gasteiger partial charge in [-0.15, -0.1) is 0 Å². The monoisotopic (exact) mass is 252 g/mol. The Morgan fingerprint density at radius 1 is 1.19 bits per heavy atom. The average molecular weight is 252 g/mol. The predicted octanol–water partition coefficient (Wildman–Crippen LogP) is 3.05. The summed E-state index contributed by atoms with van der Waals surface area (Å²) in [6.07, 6.45) is 0.00671. The van der Waals surface area contributed by atoms with E-state index in [1.54, 1.807) is 13.8 Å². The van der Waals surface area contributed by atoms with Crippen molar-refractivity contribution in [3.05, 3.63) is 0 Å². The highest BCUT2D eigenvalue weighted by atomic mass is 31.2. The van der Waals surface area contributed by atoms with Crippen LogP contribution in [0.2, 0.25) is 0 Å². The molecule has 0 amide bonds. The van der Waals surface area contributed by atoms with E-state index in [9.17, 15) is 9.67 Å². The summed E-state index contributed by atoms with van der Waals surface area (Å²) in [5, 5.41) is 9.84. The first-order chi connectivity index (χ1) is 7.22. The third-order valence-electron chi connectivity index (χ3n) is 1.93. The van der Waals surface area contributed by atoms with Crippen LogP contribution >= 0.6 is 7.60 Å². The summed E-state index contributed by atoms with van der Waals surface area (Å²) >= 11 is 0. The van der Waals surface area contributed by atoms with E-state index >= 15 is 0 Å². The largest absolute Gasteiger partial charge is 0.392 e. The van der Waals surface area contributed by atoms with Gasteiger partial charge in [0.1, 0.15) is 0 Å². The molecule has 4 nitrogen and oxygen atoms in total. The summed E-state index contributed by atoms with van der Waals surface area (Å²) in [4.78, 5) is 0. The van der Waals surface area contributed by atoms with Crippen LogP contribution in [0.25, 0.3) is 0 Å². The van der Waals surface area contributed by atoms with Gasteiger partial charge in [-0.05, 0) is 25.7 Å². The maximum absolute atomic E-state index is 12.1. The summed E-state index contributed by atoms with van der Waals surface area (Å²) in [5.41, 5.74) is 0.00265. The first-order valence-corrected chi connectivity index (χ1v) is 7.51. The lowest BCUT2D eigenvalue weighted by atomic mass is 9.90. The molecular formula is C11H25O4P. The van der Waals surface area contributed by atoms with Crippen LogP contribution in [0.4, 0.5) is 0 Å². The summed E-state index contributed by atoms with van der Waals surface area (Å²) in [7, 11) is -3.11. The van der Waals surface area contributed by atoms with Crippen molar-refractivity contribution in [2.75, 3.05) is 19.4 Å². The van der Waals surface area contributed by atoms with Gasteiger partial charge in [0.2, 0.25) is 0 Å². The fourth-order valence-electron chi connectivity index (χ4n) is 1.57. The van der Waals surface area contributed by atoms with E-state index in [1.807, 2.05) is 20.8 Å². The van der Waals surface area contributed by atoms with Gasteiger partial charge in [0.15, 0.2) is 0 Å². The van der Waals surface area contributed by atoms with Gasteiger partial charge in [0.05, 0.1) is 25.5 Å². The maximum Gasteiger partial charge on any atom is 0.333 e. The van der Waals surface area contributed by atoms with Crippen LogP contribution in [0.3, 0.4) is 0 Å². The number of aliphatic hydroxyl groups excluding tert-OH is 1. The first kappa shape index (κ1) is 16.1. The quantitative estimate of drug-likeness (QED) is 0.707.